The zero-order valence-electron chi connectivity index (χ0n) is 19.9. The molecule has 2 fully saturated rings. The molecule has 0 bridgehead atoms. The molecule has 1 atom stereocenters. The first kappa shape index (κ1) is 25.0. The summed E-state index contributed by atoms with van der Waals surface area (Å²) in [6.07, 6.45) is 5.97. The van der Waals surface area contributed by atoms with Crippen LogP contribution >= 0.6 is 23.2 Å². The molecule has 2 aromatic rings. The number of aryl methyl sites for hydroxylation is 2. The first-order chi connectivity index (χ1) is 16.3. The molecule has 1 saturated heterocycles. The molecule has 182 valence electrons. The monoisotopic (exact) mass is 501 g/mol. The molecule has 4 rings (SSSR count). The molecule has 1 saturated carbocycles. The van der Waals surface area contributed by atoms with Gasteiger partial charge in [0.05, 0.1) is 22.6 Å². The Hall–Kier alpha value is -2.08. The van der Waals surface area contributed by atoms with Crippen LogP contribution in [0.15, 0.2) is 36.4 Å². The first-order valence-electron chi connectivity index (χ1n) is 12.2. The van der Waals surface area contributed by atoms with Crippen LogP contribution in [0.4, 0.5) is 0 Å². The molecule has 0 spiro atoms. The summed E-state index contributed by atoms with van der Waals surface area (Å²) in [6.45, 7) is 5.70. The first-order valence-corrected chi connectivity index (χ1v) is 12.9. The molecule has 0 unspecified atom stereocenters. The minimum absolute atomic E-state index is 0.00992. The summed E-state index contributed by atoms with van der Waals surface area (Å²) >= 11 is 12.5. The number of carbonyl (C=O) groups is 2. The summed E-state index contributed by atoms with van der Waals surface area (Å²) in [6, 6.07) is 11.5. The second-order valence-electron chi connectivity index (χ2n) is 9.62. The van der Waals surface area contributed by atoms with E-state index in [2.05, 4.69) is 11.4 Å². The smallest absolute Gasteiger partial charge is 0.254 e. The maximum absolute atomic E-state index is 13.4. The molecule has 34 heavy (non-hydrogen) atoms. The van der Waals surface area contributed by atoms with Gasteiger partial charge in [0.15, 0.2) is 0 Å². The number of carbonyl (C=O) groups excluding carboxylic acids is 2. The van der Waals surface area contributed by atoms with Crippen LogP contribution in [-0.4, -0.2) is 53.8 Å². The third-order valence-electron chi connectivity index (χ3n) is 6.93. The van der Waals surface area contributed by atoms with Crippen molar-refractivity contribution in [2.75, 3.05) is 26.2 Å². The summed E-state index contributed by atoms with van der Waals surface area (Å²) in [4.78, 5) is 30.4. The van der Waals surface area contributed by atoms with Crippen molar-refractivity contribution >= 4 is 35.0 Å². The number of nitrogens with zero attached hydrogens (tertiary/aromatic N) is 2. The quantitative estimate of drug-likeness (QED) is 0.583. The van der Waals surface area contributed by atoms with Crippen molar-refractivity contribution in [2.45, 2.75) is 58.0 Å². The zero-order chi connectivity index (χ0) is 24.2. The van der Waals surface area contributed by atoms with E-state index in [1.807, 2.05) is 47.9 Å². The van der Waals surface area contributed by atoms with Crippen molar-refractivity contribution < 1.29 is 9.59 Å². The van der Waals surface area contributed by atoms with Gasteiger partial charge in [0.2, 0.25) is 5.91 Å². The van der Waals surface area contributed by atoms with Crippen LogP contribution in [0.1, 0.15) is 65.2 Å². The Morgan fingerprint density at radius 2 is 1.65 bits per heavy atom. The van der Waals surface area contributed by atoms with Crippen LogP contribution in [-0.2, 0) is 4.79 Å². The number of piperazine rings is 1. The molecule has 2 amide bonds. The van der Waals surface area contributed by atoms with E-state index in [9.17, 15) is 9.59 Å². The predicted octanol–water partition coefficient (Wildman–Crippen LogP) is 5.56. The lowest BCUT2D eigenvalue weighted by atomic mass is 9.95. The van der Waals surface area contributed by atoms with Crippen molar-refractivity contribution in [2.24, 2.45) is 0 Å². The Labute approximate surface area is 212 Å². The van der Waals surface area contributed by atoms with Gasteiger partial charge in [0.25, 0.3) is 5.91 Å². The van der Waals surface area contributed by atoms with E-state index < -0.39 is 0 Å². The highest BCUT2D eigenvalue weighted by Gasteiger charge is 2.34. The van der Waals surface area contributed by atoms with Crippen LogP contribution in [0, 0.1) is 13.8 Å². The van der Waals surface area contributed by atoms with Crippen LogP contribution in [0.25, 0.3) is 0 Å². The van der Waals surface area contributed by atoms with Gasteiger partial charge in [0.1, 0.15) is 0 Å². The van der Waals surface area contributed by atoms with Crippen molar-refractivity contribution in [3.8, 4) is 0 Å². The summed E-state index contributed by atoms with van der Waals surface area (Å²) in [7, 11) is 0. The van der Waals surface area contributed by atoms with Crippen molar-refractivity contribution in [3.05, 3.63) is 68.7 Å². The van der Waals surface area contributed by atoms with Gasteiger partial charge in [-0.05, 0) is 56.5 Å². The number of halogens is 2. The SMILES string of the molecule is Cc1cc(C)cc(C(=O)N2CCN(C(=O)CNC3CCCCC3)[C@H](c3ccc(Cl)c(Cl)c3)C2)c1. The maximum Gasteiger partial charge on any atom is 0.254 e. The normalized spacial score (nSPS) is 19.4. The van der Waals surface area contributed by atoms with E-state index in [-0.39, 0.29) is 17.9 Å². The average Bonchev–Trinajstić information content (AvgIpc) is 2.83. The molecule has 1 aliphatic heterocycles. The maximum atomic E-state index is 13.4. The predicted molar refractivity (Wildman–Crippen MR) is 138 cm³/mol. The van der Waals surface area contributed by atoms with Gasteiger partial charge in [-0.15, -0.1) is 0 Å². The lowest BCUT2D eigenvalue weighted by Gasteiger charge is -2.42. The summed E-state index contributed by atoms with van der Waals surface area (Å²) < 4.78 is 0. The van der Waals surface area contributed by atoms with E-state index in [0.717, 1.165) is 29.5 Å². The van der Waals surface area contributed by atoms with E-state index in [0.29, 0.717) is 47.8 Å². The third-order valence-corrected chi connectivity index (χ3v) is 7.67. The summed E-state index contributed by atoms with van der Waals surface area (Å²) in [5.74, 6) is 0.0458. The Morgan fingerprint density at radius 1 is 0.941 bits per heavy atom. The molecule has 7 heteroatoms. The fraction of sp³-hybridized carbons (Fsp3) is 0.481. The number of amides is 2. The van der Waals surface area contributed by atoms with Gasteiger partial charge in [-0.25, -0.2) is 0 Å². The van der Waals surface area contributed by atoms with Crippen molar-refractivity contribution in [1.29, 1.82) is 0 Å². The van der Waals surface area contributed by atoms with Gasteiger partial charge < -0.3 is 15.1 Å². The number of rotatable bonds is 5. The van der Waals surface area contributed by atoms with E-state index in [1.54, 1.807) is 6.07 Å². The Balaban J connectivity index is 1.54. The van der Waals surface area contributed by atoms with E-state index >= 15 is 0 Å². The molecular weight excluding hydrogens is 469 g/mol. The van der Waals surface area contributed by atoms with Gasteiger partial charge in [-0.1, -0.05) is 65.7 Å². The van der Waals surface area contributed by atoms with Crippen LogP contribution in [0.3, 0.4) is 0 Å². The highest BCUT2D eigenvalue weighted by Crippen LogP contribution is 2.31. The largest absolute Gasteiger partial charge is 0.334 e. The van der Waals surface area contributed by atoms with Gasteiger partial charge in [0, 0.05) is 31.2 Å². The lowest BCUT2D eigenvalue weighted by Crippen LogP contribution is -2.54. The van der Waals surface area contributed by atoms with Gasteiger partial charge >= 0.3 is 0 Å². The fourth-order valence-electron chi connectivity index (χ4n) is 5.19. The van der Waals surface area contributed by atoms with Crippen molar-refractivity contribution in [1.82, 2.24) is 15.1 Å². The second-order valence-corrected chi connectivity index (χ2v) is 10.4. The van der Waals surface area contributed by atoms with Gasteiger partial charge in [-0.3, -0.25) is 9.59 Å². The highest BCUT2D eigenvalue weighted by atomic mass is 35.5. The molecule has 1 N–H and O–H groups in total. The third kappa shape index (κ3) is 5.94. The van der Waals surface area contributed by atoms with E-state index in [1.165, 1.54) is 19.3 Å². The highest BCUT2D eigenvalue weighted by molar-refractivity contribution is 6.42. The Bertz CT molecular complexity index is 1030. The zero-order valence-corrected chi connectivity index (χ0v) is 21.5. The molecule has 1 heterocycles. The standard InChI is InChI=1S/C27H33Cl2N3O2/c1-18-12-19(2)14-21(13-18)27(34)31-10-11-32(26(33)16-30-22-6-4-3-5-7-22)25(17-31)20-8-9-23(28)24(29)15-20/h8-9,12-15,22,25,30H,3-7,10-11,16-17H2,1-2H3/t25-/m0/s1. The van der Waals surface area contributed by atoms with Gasteiger partial charge in [-0.2, -0.15) is 0 Å². The minimum Gasteiger partial charge on any atom is -0.334 e. The van der Waals surface area contributed by atoms with Crippen LogP contribution in [0.5, 0.6) is 0 Å². The lowest BCUT2D eigenvalue weighted by molar-refractivity contribution is -0.135. The van der Waals surface area contributed by atoms with Crippen molar-refractivity contribution in [3.63, 3.8) is 0 Å². The number of nitrogens with one attached hydrogen (secondary N) is 1. The molecular formula is C27H33Cl2N3O2. The Morgan fingerprint density at radius 3 is 2.32 bits per heavy atom. The number of hydrogen-bond acceptors (Lipinski definition) is 3. The van der Waals surface area contributed by atoms with Crippen LogP contribution in [0.2, 0.25) is 10.0 Å². The number of hydrogen-bond donors (Lipinski definition) is 1. The molecule has 5 nitrogen and oxygen atoms in total. The molecule has 0 radical (unpaired) electrons. The fourth-order valence-corrected chi connectivity index (χ4v) is 5.50. The van der Waals surface area contributed by atoms with E-state index in [4.69, 9.17) is 23.2 Å². The second kappa shape index (κ2) is 11.1. The minimum atomic E-state index is -0.279. The summed E-state index contributed by atoms with van der Waals surface area (Å²) in [5, 5.41) is 4.39. The van der Waals surface area contributed by atoms with Crippen LogP contribution < -0.4 is 5.32 Å². The summed E-state index contributed by atoms with van der Waals surface area (Å²) in [5.41, 5.74) is 3.70. The average molecular weight is 502 g/mol. The molecule has 2 aliphatic rings. The Kier molecular flexibility index (Phi) is 8.18. The topological polar surface area (TPSA) is 52.7 Å². The molecule has 0 aromatic heterocycles. The number of benzene rings is 2. The molecule has 1 aliphatic carbocycles. The molecule has 2 aromatic carbocycles.